The lowest BCUT2D eigenvalue weighted by Gasteiger charge is -2.28. The summed E-state index contributed by atoms with van der Waals surface area (Å²) in [5.41, 5.74) is 6.92. The summed E-state index contributed by atoms with van der Waals surface area (Å²) >= 11 is 0. The van der Waals surface area contributed by atoms with Crippen LogP contribution < -0.4 is 10.9 Å². The van der Waals surface area contributed by atoms with Crippen molar-refractivity contribution in [3.8, 4) is 0 Å². The highest BCUT2D eigenvalue weighted by Gasteiger charge is 2.42. The summed E-state index contributed by atoms with van der Waals surface area (Å²) in [4.78, 5) is 14.3. The molecule has 140 valence electrons. The van der Waals surface area contributed by atoms with Crippen LogP contribution in [0.3, 0.4) is 0 Å². The lowest BCUT2D eigenvalue weighted by molar-refractivity contribution is -0.131. The SMILES string of the molecule is CCN(Cc1ccccc1)C(=O)CN(C)S(=O)(=O)C1C(C)NNC1C. The van der Waals surface area contributed by atoms with Crippen LogP contribution in [0.25, 0.3) is 0 Å². The first-order valence-corrected chi connectivity index (χ1v) is 10.1. The van der Waals surface area contributed by atoms with Crippen molar-refractivity contribution in [1.29, 1.82) is 0 Å². The number of carbonyl (C=O) groups excluding carboxylic acids is 1. The van der Waals surface area contributed by atoms with E-state index in [1.54, 1.807) is 4.90 Å². The lowest BCUT2D eigenvalue weighted by atomic mass is 10.2. The number of hydrazine groups is 1. The predicted molar refractivity (Wildman–Crippen MR) is 98.1 cm³/mol. The van der Waals surface area contributed by atoms with Crippen molar-refractivity contribution in [1.82, 2.24) is 20.1 Å². The van der Waals surface area contributed by atoms with Gasteiger partial charge in [0, 0.05) is 32.2 Å². The van der Waals surface area contributed by atoms with Crippen LogP contribution in [-0.4, -0.2) is 61.0 Å². The van der Waals surface area contributed by atoms with Gasteiger partial charge in [-0.05, 0) is 26.3 Å². The lowest BCUT2D eigenvalue weighted by Crippen LogP contribution is -2.48. The average Bonchev–Trinajstić information content (AvgIpc) is 2.92. The topological polar surface area (TPSA) is 81.8 Å². The van der Waals surface area contributed by atoms with Crippen LogP contribution in [0.1, 0.15) is 26.3 Å². The Kier molecular flexibility index (Phi) is 6.56. The van der Waals surface area contributed by atoms with Gasteiger partial charge in [-0.25, -0.2) is 8.42 Å². The first-order chi connectivity index (χ1) is 11.8. The van der Waals surface area contributed by atoms with Gasteiger partial charge in [0.1, 0.15) is 5.25 Å². The molecule has 1 aromatic carbocycles. The largest absolute Gasteiger partial charge is 0.338 e. The molecule has 0 saturated carbocycles. The molecule has 25 heavy (non-hydrogen) atoms. The minimum Gasteiger partial charge on any atom is -0.338 e. The number of hydrogen-bond acceptors (Lipinski definition) is 5. The Morgan fingerprint density at radius 1 is 1.12 bits per heavy atom. The fraction of sp³-hybridized carbons (Fsp3) is 0.588. The standard InChI is InChI=1S/C17H28N4O3S/c1-5-21(11-15-9-7-6-8-10-15)16(22)12-20(4)25(23,24)17-13(2)18-19-14(17)3/h6-10,13-14,17-19H,5,11-12H2,1-4H3. The Bertz CT molecular complexity index is 670. The van der Waals surface area contributed by atoms with Crippen molar-refractivity contribution in [2.24, 2.45) is 0 Å². The van der Waals surface area contributed by atoms with Crippen LogP contribution in [-0.2, 0) is 21.4 Å². The third kappa shape index (κ3) is 4.58. The summed E-state index contributed by atoms with van der Waals surface area (Å²) in [6, 6.07) is 9.24. The highest BCUT2D eigenvalue weighted by molar-refractivity contribution is 7.89. The zero-order valence-electron chi connectivity index (χ0n) is 15.3. The van der Waals surface area contributed by atoms with E-state index in [-0.39, 0.29) is 24.5 Å². The third-order valence-electron chi connectivity index (χ3n) is 4.61. The van der Waals surface area contributed by atoms with Gasteiger partial charge >= 0.3 is 0 Å². The molecule has 0 radical (unpaired) electrons. The molecule has 2 rings (SSSR count). The molecule has 7 nitrogen and oxygen atoms in total. The number of hydrogen-bond donors (Lipinski definition) is 2. The fourth-order valence-electron chi connectivity index (χ4n) is 3.14. The number of sulfonamides is 1. The molecule has 0 bridgehead atoms. The molecule has 1 amide bonds. The maximum atomic E-state index is 12.8. The summed E-state index contributed by atoms with van der Waals surface area (Å²) in [6.45, 7) is 6.39. The van der Waals surface area contributed by atoms with E-state index in [1.807, 2.05) is 51.1 Å². The van der Waals surface area contributed by atoms with Gasteiger partial charge in [0.2, 0.25) is 15.9 Å². The molecule has 1 aliphatic heterocycles. The number of rotatable bonds is 7. The molecule has 1 saturated heterocycles. The maximum absolute atomic E-state index is 12.8. The summed E-state index contributed by atoms with van der Waals surface area (Å²) < 4.78 is 26.8. The zero-order chi connectivity index (χ0) is 18.6. The molecule has 1 fully saturated rings. The van der Waals surface area contributed by atoms with Gasteiger partial charge in [-0.2, -0.15) is 4.31 Å². The number of amides is 1. The molecule has 8 heteroatoms. The molecule has 0 spiro atoms. The summed E-state index contributed by atoms with van der Waals surface area (Å²) in [7, 11) is -2.11. The Morgan fingerprint density at radius 3 is 2.20 bits per heavy atom. The zero-order valence-corrected chi connectivity index (χ0v) is 16.1. The minimum absolute atomic E-state index is 0.154. The maximum Gasteiger partial charge on any atom is 0.238 e. The number of nitrogens with one attached hydrogen (secondary N) is 2. The highest BCUT2D eigenvalue weighted by Crippen LogP contribution is 2.19. The Labute approximate surface area is 150 Å². The molecule has 0 aromatic heterocycles. The summed E-state index contributed by atoms with van der Waals surface area (Å²) in [6.07, 6.45) is 0. The van der Waals surface area contributed by atoms with Gasteiger partial charge in [0.25, 0.3) is 0 Å². The molecule has 2 atom stereocenters. The van der Waals surface area contributed by atoms with E-state index < -0.39 is 15.3 Å². The van der Waals surface area contributed by atoms with Gasteiger partial charge in [-0.3, -0.25) is 15.6 Å². The molecule has 2 unspecified atom stereocenters. The van der Waals surface area contributed by atoms with Crippen molar-refractivity contribution in [3.63, 3.8) is 0 Å². The Morgan fingerprint density at radius 2 is 1.68 bits per heavy atom. The van der Waals surface area contributed by atoms with Crippen LogP contribution >= 0.6 is 0 Å². The minimum atomic E-state index is -3.59. The van der Waals surface area contributed by atoms with Crippen LogP contribution in [0.4, 0.5) is 0 Å². The third-order valence-corrected chi connectivity index (χ3v) is 7.11. The highest BCUT2D eigenvalue weighted by atomic mass is 32.2. The average molecular weight is 369 g/mol. The molecule has 1 aliphatic rings. The van der Waals surface area contributed by atoms with E-state index in [4.69, 9.17) is 0 Å². The summed E-state index contributed by atoms with van der Waals surface area (Å²) in [5.74, 6) is -0.198. The summed E-state index contributed by atoms with van der Waals surface area (Å²) in [5, 5.41) is -0.602. The predicted octanol–water partition coefficient (Wildman–Crippen LogP) is 0.550. The van der Waals surface area contributed by atoms with E-state index >= 15 is 0 Å². The Balaban J connectivity index is 2.05. The van der Waals surface area contributed by atoms with Crippen LogP contribution in [0.5, 0.6) is 0 Å². The van der Waals surface area contributed by atoms with E-state index in [9.17, 15) is 13.2 Å². The van der Waals surface area contributed by atoms with Gasteiger partial charge in [0.05, 0.1) is 6.54 Å². The second kappa shape index (κ2) is 8.27. The van der Waals surface area contributed by atoms with Gasteiger partial charge in [-0.1, -0.05) is 30.3 Å². The second-order valence-electron chi connectivity index (χ2n) is 6.53. The smallest absolute Gasteiger partial charge is 0.238 e. The number of carbonyl (C=O) groups is 1. The van der Waals surface area contributed by atoms with Crippen molar-refractivity contribution in [2.75, 3.05) is 20.1 Å². The van der Waals surface area contributed by atoms with Crippen molar-refractivity contribution in [2.45, 2.75) is 44.6 Å². The second-order valence-corrected chi connectivity index (χ2v) is 8.72. The molecular formula is C17H28N4O3S. The first kappa shape index (κ1) is 19.8. The van der Waals surface area contributed by atoms with E-state index in [0.717, 1.165) is 5.56 Å². The quantitative estimate of drug-likeness (QED) is 0.735. The van der Waals surface area contributed by atoms with Crippen LogP contribution in [0, 0.1) is 0 Å². The van der Waals surface area contributed by atoms with Crippen molar-refractivity contribution < 1.29 is 13.2 Å². The number of benzene rings is 1. The number of nitrogens with zero attached hydrogens (tertiary/aromatic N) is 2. The number of likely N-dealkylation sites (N-methyl/N-ethyl adjacent to an activating group) is 2. The molecule has 0 aliphatic carbocycles. The molecule has 1 heterocycles. The van der Waals surface area contributed by atoms with Crippen molar-refractivity contribution >= 4 is 15.9 Å². The molecular weight excluding hydrogens is 340 g/mol. The van der Waals surface area contributed by atoms with E-state index in [1.165, 1.54) is 11.4 Å². The van der Waals surface area contributed by atoms with Crippen LogP contribution in [0.15, 0.2) is 30.3 Å². The van der Waals surface area contributed by atoms with Gasteiger partial charge in [0.15, 0.2) is 0 Å². The fourth-order valence-corrected chi connectivity index (χ4v) is 5.02. The monoisotopic (exact) mass is 368 g/mol. The molecule has 1 aromatic rings. The van der Waals surface area contributed by atoms with E-state index in [2.05, 4.69) is 10.9 Å². The van der Waals surface area contributed by atoms with Crippen LogP contribution in [0.2, 0.25) is 0 Å². The Hall–Kier alpha value is -1.48. The first-order valence-electron chi connectivity index (χ1n) is 8.55. The van der Waals surface area contributed by atoms with Crippen molar-refractivity contribution in [3.05, 3.63) is 35.9 Å². The van der Waals surface area contributed by atoms with Gasteiger partial charge in [-0.15, -0.1) is 0 Å². The normalized spacial score (nSPS) is 23.8. The molecule has 2 N–H and O–H groups in total. The van der Waals surface area contributed by atoms with E-state index in [0.29, 0.717) is 13.1 Å². The van der Waals surface area contributed by atoms with Gasteiger partial charge < -0.3 is 4.90 Å².